The van der Waals surface area contributed by atoms with Gasteiger partial charge in [-0.25, -0.2) is 8.78 Å². The summed E-state index contributed by atoms with van der Waals surface area (Å²) in [6.45, 7) is 1.000. The molecule has 2 N–H and O–H groups in total. The summed E-state index contributed by atoms with van der Waals surface area (Å²) in [5, 5.41) is 0. The van der Waals surface area contributed by atoms with Crippen LogP contribution in [0.5, 0.6) is 5.75 Å². The molecule has 0 unspecified atom stereocenters. The molecule has 15 heavy (non-hydrogen) atoms. The second-order valence-electron chi connectivity index (χ2n) is 3.02. The van der Waals surface area contributed by atoms with E-state index in [4.69, 9.17) is 10.5 Å². The molecule has 1 rings (SSSR count). The van der Waals surface area contributed by atoms with E-state index in [0.717, 1.165) is 0 Å². The van der Waals surface area contributed by atoms with Gasteiger partial charge in [-0.3, -0.25) is 0 Å². The van der Waals surface area contributed by atoms with Gasteiger partial charge in [0, 0.05) is 6.04 Å². The number of ether oxygens (including phenoxy) is 1. The topological polar surface area (TPSA) is 35.2 Å². The molecule has 0 aliphatic heterocycles. The second-order valence-corrected chi connectivity index (χ2v) is 3.02. The summed E-state index contributed by atoms with van der Waals surface area (Å²) in [6, 6.07) is 4.21. The van der Waals surface area contributed by atoms with Crippen molar-refractivity contribution in [2.45, 2.75) is 13.0 Å². The average molecular weight is 238 g/mol. The van der Waals surface area contributed by atoms with Crippen molar-refractivity contribution in [3.63, 3.8) is 0 Å². The molecule has 0 spiro atoms. The number of nitrogens with two attached hydrogens (primary N) is 1. The summed E-state index contributed by atoms with van der Waals surface area (Å²) in [5.41, 5.74) is 6.26. The predicted octanol–water partition coefficient (Wildman–Crippen LogP) is 2.62. The standard InChI is InChI=1S/C10H13F2NO.ClH/c1-7(13)8-2-3-10(9(12)6-8)14-5-4-11;/h2-3,6-7H,4-5,13H2,1H3;1H/t7-;/m1./s1. The molecule has 2 nitrogen and oxygen atoms in total. The molecule has 1 aromatic carbocycles. The maximum absolute atomic E-state index is 13.2. The van der Waals surface area contributed by atoms with Gasteiger partial charge in [0.05, 0.1) is 0 Å². The predicted molar refractivity (Wildman–Crippen MR) is 57.7 cm³/mol. The Kier molecular flexibility index (Phi) is 6.20. The molecule has 1 aromatic rings. The fourth-order valence-corrected chi connectivity index (χ4v) is 1.07. The molecule has 0 bridgehead atoms. The van der Waals surface area contributed by atoms with Gasteiger partial charge in [0.25, 0.3) is 0 Å². The van der Waals surface area contributed by atoms with Gasteiger partial charge in [-0.2, -0.15) is 0 Å². The van der Waals surface area contributed by atoms with Crippen molar-refractivity contribution in [1.82, 2.24) is 0 Å². The zero-order valence-electron chi connectivity index (χ0n) is 8.37. The summed E-state index contributed by atoms with van der Waals surface area (Å²) >= 11 is 0. The largest absolute Gasteiger partial charge is 0.488 e. The molecule has 0 amide bonds. The first-order chi connectivity index (χ1) is 6.65. The number of benzene rings is 1. The Morgan fingerprint density at radius 2 is 2.13 bits per heavy atom. The Balaban J connectivity index is 0.00000196. The third kappa shape index (κ3) is 4.01. The molecule has 0 aliphatic carbocycles. The summed E-state index contributed by atoms with van der Waals surface area (Å²) in [6.07, 6.45) is 0. The highest BCUT2D eigenvalue weighted by Crippen LogP contribution is 2.20. The van der Waals surface area contributed by atoms with E-state index in [1.54, 1.807) is 13.0 Å². The normalized spacial score (nSPS) is 11.7. The van der Waals surface area contributed by atoms with Gasteiger partial charge in [0.15, 0.2) is 11.6 Å². The van der Waals surface area contributed by atoms with E-state index >= 15 is 0 Å². The summed E-state index contributed by atoms with van der Waals surface area (Å²) in [7, 11) is 0. The molecule has 5 heteroatoms. The Hall–Kier alpha value is -0.870. The lowest BCUT2D eigenvalue weighted by molar-refractivity contribution is 0.262. The van der Waals surface area contributed by atoms with Crippen LogP contribution in [0.4, 0.5) is 8.78 Å². The smallest absolute Gasteiger partial charge is 0.165 e. The zero-order valence-corrected chi connectivity index (χ0v) is 9.19. The Bertz CT molecular complexity index is 307. The summed E-state index contributed by atoms with van der Waals surface area (Å²) in [4.78, 5) is 0. The van der Waals surface area contributed by atoms with Gasteiger partial charge in [-0.1, -0.05) is 6.07 Å². The number of halogens is 3. The van der Waals surface area contributed by atoms with E-state index < -0.39 is 12.5 Å². The highest BCUT2D eigenvalue weighted by atomic mass is 35.5. The van der Waals surface area contributed by atoms with Crippen molar-refractivity contribution in [2.24, 2.45) is 5.73 Å². The van der Waals surface area contributed by atoms with Crippen molar-refractivity contribution >= 4 is 12.4 Å². The molecular formula is C10H14ClF2NO. The van der Waals surface area contributed by atoms with E-state index in [1.165, 1.54) is 12.1 Å². The highest BCUT2D eigenvalue weighted by Gasteiger charge is 2.06. The van der Waals surface area contributed by atoms with Crippen molar-refractivity contribution in [1.29, 1.82) is 0 Å². The third-order valence-corrected chi connectivity index (χ3v) is 1.82. The lowest BCUT2D eigenvalue weighted by Crippen LogP contribution is -2.06. The molecule has 0 radical (unpaired) electrons. The van der Waals surface area contributed by atoms with Gasteiger partial charge in [0.2, 0.25) is 0 Å². The number of alkyl halides is 1. The summed E-state index contributed by atoms with van der Waals surface area (Å²) < 4.78 is 29.8. The van der Waals surface area contributed by atoms with Crippen molar-refractivity contribution < 1.29 is 13.5 Å². The van der Waals surface area contributed by atoms with Gasteiger partial charge in [-0.05, 0) is 24.6 Å². The van der Waals surface area contributed by atoms with E-state index in [9.17, 15) is 8.78 Å². The quantitative estimate of drug-likeness (QED) is 0.874. The molecular weight excluding hydrogens is 224 g/mol. The van der Waals surface area contributed by atoms with Crippen LogP contribution in [0.2, 0.25) is 0 Å². The van der Waals surface area contributed by atoms with E-state index in [1.807, 2.05) is 0 Å². The van der Waals surface area contributed by atoms with E-state index in [2.05, 4.69) is 0 Å². The molecule has 0 saturated heterocycles. The van der Waals surface area contributed by atoms with E-state index in [-0.39, 0.29) is 30.8 Å². The first-order valence-corrected chi connectivity index (χ1v) is 4.39. The molecule has 0 heterocycles. The van der Waals surface area contributed by atoms with Crippen molar-refractivity contribution in [3.8, 4) is 5.75 Å². The van der Waals surface area contributed by atoms with Gasteiger partial charge < -0.3 is 10.5 Å². The Morgan fingerprint density at radius 1 is 1.47 bits per heavy atom. The molecule has 0 fully saturated rings. The Labute approximate surface area is 93.8 Å². The number of hydrogen-bond acceptors (Lipinski definition) is 2. The minimum Gasteiger partial charge on any atom is -0.488 e. The van der Waals surface area contributed by atoms with Crippen LogP contribution >= 0.6 is 12.4 Å². The van der Waals surface area contributed by atoms with Crippen LogP contribution in [-0.4, -0.2) is 13.3 Å². The maximum atomic E-state index is 13.2. The minimum absolute atomic E-state index is 0. The molecule has 1 atom stereocenters. The Morgan fingerprint density at radius 3 is 2.60 bits per heavy atom. The van der Waals surface area contributed by atoms with Crippen LogP contribution < -0.4 is 10.5 Å². The van der Waals surface area contributed by atoms with E-state index in [0.29, 0.717) is 5.56 Å². The van der Waals surface area contributed by atoms with Gasteiger partial charge >= 0.3 is 0 Å². The van der Waals surface area contributed by atoms with Crippen LogP contribution in [0.25, 0.3) is 0 Å². The monoisotopic (exact) mass is 237 g/mol. The summed E-state index contributed by atoms with van der Waals surface area (Å²) in [5.74, 6) is -0.444. The number of hydrogen-bond donors (Lipinski definition) is 1. The fraction of sp³-hybridized carbons (Fsp3) is 0.400. The first kappa shape index (κ1) is 14.1. The average Bonchev–Trinajstić information content (AvgIpc) is 2.15. The molecule has 0 saturated carbocycles. The minimum atomic E-state index is -0.630. The van der Waals surface area contributed by atoms with Crippen LogP contribution in [0.15, 0.2) is 18.2 Å². The van der Waals surface area contributed by atoms with Gasteiger partial charge in [-0.15, -0.1) is 12.4 Å². The molecule has 86 valence electrons. The van der Waals surface area contributed by atoms with Crippen LogP contribution in [0, 0.1) is 5.82 Å². The van der Waals surface area contributed by atoms with Crippen molar-refractivity contribution in [2.75, 3.05) is 13.3 Å². The molecule has 0 aromatic heterocycles. The lowest BCUT2D eigenvalue weighted by Gasteiger charge is -2.09. The maximum Gasteiger partial charge on any atom is 0.165 e. The lowest BCUT2D eigenvalue weighted by atomic mass is 10.1. The molecule has 0 aliphatic rings. The fourth-order valence-electron chi connectivity index (χ4n) is 1.07. The zero-order chi connectivity index (χ0) is 10.6. The van der Waals surface area contributed by atoms with Crippen LogP contribution in [0.1, 0.15) is 18.5 Å². The highest BCUT2D eigenvalue weighted by molar-refractivity contribution is 5.85. The first-order valence-electron chi connectivity index (χ1n) is 4.39. The van der Waals surface area contributed by atoms with Crippen LogP contribution in [-0.2, 0) is 0 Å². The third-order valence-electron chi connectivity index (χ3n) is 1.82. The number of rotatable bonds is 4. The van der Waals surface area contributed by atoms with Gasteiger partial charge in [0.1, 0.15) is 13.3 Å². The second kappa shape index (κ2) is 6.58. The van der Waals surface area contributed by atoms with Crippen LogP contribution in [0.3, 0.4) is 0 Å². The SMILES string of the molecule is C[C@@H](N)c1ccc(OCCF)c(F)c1.Cl. The van der Waals surface area contributed by atoms with Crippen molar-refractivity contribution in [3.05, 3.63) is 29.6 Å².